The number of aromatic nitrogens is 2. The molecule has 1 unspecified atom stereocenters. The molecule has 1 aliphatic heterocycles. The minimum atomic E-state index is -3.05. The van der Waals surface area contributed by atoms with Crippen molar-refractivity contribution in [1.29, 1.82) is 0 Å². The molecular weight excluding hydrogens is 559 g/mol. The van der Waals surface area contributed by atoms with Gasteiger partial charge >= 0.3 is 12.7 Å². The van der Waals surface area contributed by atoms with Crippen LogP contribution in [0.15, 0.2) is 65.6 Å². The summed E-state index contributed by atoms with van der Waals surface area (Å²) in [6.45, 7) is 2.37. The first kappa shape index (κ1) is 30.1. The molecule has 41 heavy (non-hydrogen) atoms. The number of rotatable bonds is 5. The van der Waals surface area contributed by atoms with E-state index in [9.17, 15) is 17.8 Å². The number of hydrogen-bond acceptors (Lipinski definition) is 5. The highest BCUT2D eigenvalue weighted by Crippen LogP contribution is 2.38. The lowest BCUT2D eigenvalue weighted by atomic mass is 10.0. The molecule has 2 atom stereocenters. The molecule has 12 heteroatoms. The molecule has 0 spiro atoms. The zero-order valence-corrected chi connectivity index (χ0v) is 23.7. The first-order valence-corrected chi connectivity index (χ1v) is 14.1. The van der Waals surface area contributed by atoms with Gasteiger partial charge in [-0.2, -0.15) is 8.78 Å². The number of alkyl halides is 2. The highest BCUT2D eigenvalue weighted by atomic mass is 32.2. The fraction of sp³-hybridized carbons (Fsp3) is 0.310. The molecule has 1 amide bonds. The molecule has 0 aliphatic carbocycles. The molecular formula is C29H30F3N3O5S. The van der Waals surface area contributed by atoms with E-state index < -0.39 is 41.0 Å². The van der Waals surface area contributed by atoms with Crippen molar-refractivity contribution in [2.45, 2.75) is 50.5 Å². The third-order valence-electron chi connectivity index (χ3n) is 6.53. The molecule has 0 radical (unpaired) electrons. The van der Waals surface area contributed by atoms with Crippen LogP contribution >= 0.6 is 0 Å². The highest BCUT2D eigenvalue weighted by molar-refractivity contribution is 7.84. The number of halogens is 3. The molecule has 1 aliphatic rings. The van der Waals surface area contributed by atoms with Gasteiger partial charge in [-0.15, -0.1) is 0 Å². The number of amides is 1. The van der Waals surface area contributed by atoms with Gasteiger partial charge in [-0.1, -0.05) is 30.3 Å². The Morgan fingerprint density at radius 3 is 2.41 bits per heavy atom. The van der Waals surface area contributed by atoms with Crippen LogP contribution in [-0.4, -0.2) is 55.2 Å². The quantitative estimate of drug-likeness (QED) is 0.297. The van der Waals surface area contributed by atoms with Crippen LogP contribution in [0.2, 0.25) is 0 Å². The van der Waals surface area contributed by atoms with E-state index >= 15 is 4.39 Å². The monoisotopic (exact) mass is 589 g/mol. The number of ether oxygens (including phenoxy) is 2. The van der Waals surface area contributed by atoms with Crippen molar-refractivity contribution in [2.75, 3.05) is 12.8 Å². The Morgan fingerprint density at radius 1 is 1.10 bits per heavy atom. The number of imidazole rings is 1. The number of carbonyl (C=O) groups is 1. The van der Waals surface area contributed by atoms with Crippen LogP contribution in [0.4, 0.5) is 18.0 Å². The summed E-state index contributed by atoms with van der Waals surface area (Å²) in [5.74, 6) is -0.0978. The van der Waals surface area contributed by atoms with E-state index in [2.05, 4.69) is 4.98 Å². The van der Waals surface area contributed by atoms with Gasteiger partial charge in [-0.25, -0.2) is 14.2 Å². The van der Waals surface area contributed by atoms with Gasteiger partial charge in [0.05, 0.1) is 23.6 Å². The predicted molar refractivity (Wildman–Crippen MR) is 149 cm³/mol. The van der Waals surface area contributed by atoms with Gasteiger partial charge < -0.3 is 19.5 Å². The topological polar surface area (TPSA) is 105 Å². The van der Waals surface area contributed by atoms with Crippen molar-refractivity contribution in [2.24, 2.45) is 0 Å². The second-order valence-corrected chi connectivity index (χ2v) is 11.9. The number of benzene rings is 3. The third kappa shape index (κ3) is 6.23. The summed E-state index contributed by atoms with van der Waals surface area (Å²) in [4.78, 5) is 19.8. The molecule has 8 nitrogen and oxygen atoms in total. The van der Waals surface area contributed by atoms with Crippen molar-refractivity contribution in [1.82, 2.24) is 14.5 Å². The van der Waals surface area contributed by atoms with Crippen LogP contribution in [0.25, 0.3) is 22.2 Å². The molecule has 2 N–H and O–H groups in total. The van der Waals surface area contributed by atoms with Crippen LogP contribution < -0.4 is 4.74 Å². The maximum atomic E-state index is 15.4. The van der Waals surface area contributed by atoms with Gasteiger partial charge in [0.15, 0.2) is 0 Å². The number of fused-ring (bicyclic) bond motifs is 3. The summed E-state index contributed by atoms with van der Waals surface area (Å²) < 4.78 is 66.1. The minimum absolute atomic E-state index is 0. The molecule has 0 fully saturated rings. The Balaban J connectivity index is 0.00000387. The molecule has 0 saturated heterocycles. The van der Waals surface area contributed by atoms with Crippen molar-refractivity contribution < 1.29 is 37.1 Å². The second kappa shape index (κ2) is 11.5. The average molecular weight is 590 g/mol. The number of hydrogen-bond donors (Lipinski definition) is 0. The number of nitrogens with zero attached hydrogens (tertiary/aromatic N) is 3. The lowest BCUT2D eigenvalue weighted by Gasteiger charge is -2.36. The highest BCUT2D eigenvalue weighted by Gasteiger charge is 2.35. The maximum Gasteiger partial charge on any atom is 0.410 e. The van der Waals surface area contributed by atoms with Crippen LogP contribution in [0.3, 0.4) is 0 Å². The third-order valence-corrected chi connectivity index (χ3v) is 7.47. The molecule has 1 aromatic heterocycles. The van der Waals surface area contributed by atoms with Gasteiger partial charge in [-0.05, 0) is 50.6 Å². The number of para-hydroxylation sites is 1. The zero-order valence-electron chi connectivity index (χ0n) is 22.9. The lowest BCUT2D eigenvalue weighted by Crippen LogP contribution is -2.44. The van der Waals surface area contributed by atoms with E-state index in [1.807, 2.05) is 4.57 Å². The normalized spacial score (nSPS) is 15.8. The second-order valence-electron chi connectivity index (χ2n) is 10.5. The molecule has 0 bridgehead atoms. The first-order chi connectivity index (χ1) is 18.9. The first-order valence-electron chi connectivity index (χ1n) is 12.6. The summed E-state index contributed by atoms with van der Waals surface area (Å²) in [5.41, 5.74) is 1.46. The van der Waals surface area contributed by atoms with Crippen LogP contribution in [-0.2, 0) is 22.1 Å². The fourth-order valence-electron chi connectivity index (χ4n) is 4.86. The van der Waals surface area contributed by atoms with E-state index in [4.69, 9.17) is 9.47 Å². The predicted octanol–water partition coefficient (Wildman–Crippen LogP) is 5.70. The van der Waals surface area contributed by atoms with E-state index in [1.165, 1.54) is 17.0 Å². The summed E-state index contributed by atoms with van der Waals surface area (Å²) in [5, 5.41) is 0. The Labute approximate surface area is 237 Å². The molecule has 5 rings (SSSR count). The summed E-state index contributed by atoms with van der Waals surface area (Å²) in [6, 6.07) is 15.4. The van der Waals surface area contributed by atoms with Crippen molar-refractivity contribution >= 4 is 27.9 Å². The Morgan fingerprint density at radius 2 is 1.78 bits per heavy atom. The summed E-state index contributed by atoms with van der Waals surface area (Å²) in [6.07, 6.45) is 0.986. The Kier molecular flexibility index (Phi) is 8.46. The van der Waals surface area contributed by atoms with E-state index in [-0.39, 0.29) is 24.3 Å². The molecule has 3 aromatic carbocycles. The van der Waals surface area contributed by atoms with Gasteiger partial charge in [0.1, 0.15) is 23.0 Å². The van der Waals surface area contributed by atoms with Gasteiger partial charge in [-0.3, -0.25) is 9.11 Å². The minimum Gasteiger partial charge on any atom is -0.444 e. The van der Waals surface area contributed by atoms with Crippen LogP contribution in [0.1, 0.15) is 38.2 Å². The SMILES string of the molecule is CS(=O)c1ccc(-c2cc3c(cc2F)nc2n3[C@@H](c3ccccc3OC(F)F)CN(C(=O)OC(C)(C)C)C2)cc1.O. The molecule has 2 heterocycles. The lowest BCUT2D eigenvalue weighted by molar-refractivity contribution is -0.0509. The van der Waals surface area contributed by atoms with Crippen LogP contribution in [0, 0.1) is 5.82 Å². The van der Waals surface area contributed by atoms with Gasteiger partial charge in [0.25, 0.3) is 0 Å². The van der Waals surface area contributed by atoms with Crippen molar-refractivity contribution in [3.05, 3.63) is 77.9 Å². The molecule has 4 aromatic rings. The molecule has 218 valence electrons. The Hall–Kier alpha value is -3.90. The van der Waals surface area contributed by atoms with Crippen molar-refractivity contribution in [3.8, 4) is 16.9 Å². The fourth-order valence-corrected chi connectivity index (χ4v) is 5.38. The van der Waals surface area contributed by atoms with Gasteiger partial charge in [0.2, 0.25) is 0 Å². The standard InChI is InChI=1S/C29H28F3N3O4S.H2O/c1-29(2,3)39-28(36)34-15-24(19-7-5-6-8-25(19)38-27(31)32)35-23-13-20(17-9-11-18(12-10-17)40(4)37)21(30)14-22(23)33-26(35)16-34;/h5-14,24,27H,15-16H2,1-4H3;1H2/t24-,40?;/m1./s1. The summed E-state index contributed by atoms with van der Waals surface area (Å²) in [7, 11) is -1.18. The van der Waals surface area contributed by atoms with E-state index in [0.717, 1.165) is 0 Å². The van der Waals surface area contributed by atoms with Crippen LogP contribution in [0.5, 0.6) is 5.75 Å². The average Bonchev–Trinajstić information content (AvgIpc) is 3.24. The van der Waals surface area contributed by atoms with Gasteiger partial charge in [0, 0.05) is 45.7 Å². The zero-order chi connectivity index (χ0) is 28.8. The maximum absolute atomic E-state index is 15.4. The number of carbonyl (C=O) groups excluding carboxylic acids is 1. The molecule has 0 saturated carbocycles. The van der Waals surface area contributed by atoms with E-state index in [1.54, 1.807) is 75.6 Å². The van der Waals surface area contributed by atoms with E-state index in [0.29, 0.717) is 38.4 Å². The Bertz CT molecular complexity index is 1600. The summed E-state index contributed by atoms with van der Waals surface area (Å²) >= 11 is 0. The largest absolute Gasteiger partial charge is 0.444 e. The smallest absolute Gasteiger partial charge is 0.410 e. The van der Waals surface area contributed by atoms with Crippen molar-refractivity contribution in [3.63, 3.8) is 0 Å².